The van der Waals surface area contributed by atoms with E-state index in [2.05, 4.69) is 0 Å². The van der Waals surface area contributed by atoms with Gasteiger partial charge in [0.05, 0.1) is 0 Å². The van der Waals surface area contributed by atoms with E-state index >= 15 is 0 Å². The first-order chi connectivity index (χ1) is 24.5. The highest BCUT2D eigenvalue weighted by Gasteiger charge is 2.15. The van der Waals surface area contributed by atoms with E-state index in [-0.39, 0.29) is 0 Å². The van der Waals surface area contributed by atoms with Crippen LogP contribution in [-0.2, 0) is 0 Å². The molecule has 0 aromatic heterocycles. The van der Waals surface area contributed by atoms with Crippen LogP contribution in [-0.4, -0.2) is 0 Å². The molecule has 4 N–H and O–H groups in total. The van der Waals surface area contributed by atoms with Crippen LogP contribution in [0.25, 0.3) is 0 Å². The predicted octanol–water partition coefficient (Wildman–Crippen LogP) is 11.6. The molecule has 0 fully saturated rings. The van der Waals surface area contributed by atoms with E-state index in [1.165, 1.54) is 0 Å². The average Bonchev–Trinajstić information content (AvgIpc) is 3.11. The molecular formula is C42H32N2O6. The second kappa shape index (κ2) is 14.8. The van der Waals surface area contributed by atoms with Crippen LogP contribution in [0.1, 0.15) is 0 Å². The molecule has 0 unspecified atom stereocenters. The Morgan fingerprint density at radius 1 is 0.240 bits per heavy atom. The molecule has 0 aliphatic heterocycles. The van der Waals surface area contributed by atoms with Gasteiger partial charge in [-0.1, -0.05) is 60.7 Å². The van der Waals surface area contributed by atoms with Crippen LogP contribution in [0.2, 0.25) is 0 Å². The maximum absolute atomic E-state index is 6.40. The molecule has 7 rings (SSSR count). The summed E-state index contributed by atoms with van der Waals surface area (Å²) in [6, 6.07) is 51.4. The number of rotatable bonds is 12. The maximum atomic E-state index is 6.40. The van der Waals surface area contributed by atoms with E-state index in [0.717, 1.165) is 0 Å². The summed E-state index contributed by atoms with van der Waals surface area (Å²) in [5.74, 6) is 6.57. The molecular weight excluding hydrogens is 628 g/mol. The standard InChI is InChI=1S/C42H32N2O6/c43-29-11-7-13-31(25-29)45-33-15-9-17-35(27-33)47-37-19-1-3-21-39(37)49-41-23-5-6-24-42(41)50-40-22-4-2-20-38(40)48-36-18-10-16-34(28-36)46-32-14-8-12-30(44)26-32/h1-28H,43-44H2. The number of nitrogens with two attached hydrogens (primary N) is 2. The molecule has 0 radical (unpaired) electrons. The molecule has 7 aromatic rings. The third-order valence-electron chi connectivity index (χ3n) is 7.24. The summed E-state index contributed by atoms with van der Waals surface area (Å²) in [4.78, 5) is 0. The summed E-state index contributed by atoms with van der Waals surface area (Å²) in [5, 5.41) is 0. The molecule has 0 heterocycles. The van der Waals surface area contributed by atoms with Crippen molar-refractivity contribution < 1.29 is 28.4 Å². The number of anilines is 2. The second-order valence-corrected chi connectivity index (χ2v) is 11.0. The SMILES string of the molecule is Nc1cccc(Oc2cccc(Oc3ccccc3Oc3ccccc3Oc3ccccc3Oc3cccc(Oc4cccc(N)c4)c3)c2)c1. The molecule has 8 heteroatoms. The van der Waals surface area contributed by atoms with E-state index in [1.54, 1.807) is 36.4 Å². The zero-order chi connectivity index (χ0) is 34.1. The summed E-state index contributed by atoms with van der Waals surface area (Å²) in [6.45, 7) is 0. The van der Waals surface area contributed by atoms with Crippen molar-refractivity contribution in [3.05, 3.63) is 170 Å². The van der Waals surface area contributed by atoms with Crippen LogP contribution in [0.4, 0.5) is 11.4 Å². The monoisotopic (exact) mass is 660 g/mol. The van der Waals surface area contributed by atoms with Crippen molar-refractivity contribution in [2.75, 3.05) is 11.5 Å². The van der Waals surface area contributed by atoms with E-state index in [4.69, 9.17) is 39.9 Å². The van der Waals surface area contributed by atoms with Gasteiger partial charge in [-0.15, -0.1) is 0 Å². The lowest BCUT2D eigenvalue weighted by molar-refractivity contribution is 0.381. The molecule has 0 saturated carbocycles. The first-order valence-electron chi connectivity index (χ1n) is 15.8. The van der Waals surface area contributed by atoms with Gasteiger partial charge in [0.25, 0.3) is 0 Å². The van der Waals surface area contributed by atoms with Gasteiger partial charge in [0.2, 0.25) is 0 Å². The molecule has 0 spiro atoms. The van der Waals surface area contributed by atoms with Gasteiger partial charge in [-0.05, 0) is 84.9 Å². The quantitative estimate of drug-likeness (QED) is 0.125. The molecule has 7 aromatic carbocycles. The van der Waals surface area contributed by atoms with Crippen molar-refractivity contribution in [3.8, 4) is 69.0 Å². The molecule has 50 heavy (non-hydrogen) atoms. The number of hydrogen-bond acceptors (Lipinski definition) is 8. The fourth-order valence-corrected chi connectivity index (χ4v) is 4.98. The highest BCUT2D eigenvalue weighted by atomic mass is 16.6. The van der Waals surface area contributed by atoms with Crippen LogP contribution < -0.4 is 39.9 Å². The van der Waals surface area contributed by atoms with Crippen molar-refractivity contribution in [3.63, 3.8) is 0 Å². The second-order valence-electron chi connectivity index (χ2n) is 11.0. The minimum atomic E-state index is 0.481. The Hall–Kier alpha value is -7.06. The van der Waals surface area contributed by atoms with Crippen molar-refractivity contribution in [1.82, 2.24) is 0 Å². The molecule has 246 valence electrons. The van der Waals surface area contributed by atoms with E-state index < -0.39 is 0 Å². The maximum Gasteiger partial charge on any atom is 0.170 e. The lowest BCUT2D eigenvalue weighted by Gasteiger charge is -2.17. The van der Waals surface area contributed by atoms with E-state index in [1.807, 2.05) is 133 Å². The lowest BCUT2D eigenvalue weighted by atomic mass is 10.2. The third-order valence-corrected chi connectivity index (χ3v) is 7.24. The lowest BCUT2D eigenvalue weighted by Crippen LogP contribution is -1.95. The Labute approximate surface area is 289 Å². The largest absolute Gasteiger partial charge is 0.457 e. The van der Waals surface area contributed by atoms with Gasteiger partial charge in [0.1, 0.15) is 34.5 Å². The van der Waals surface area contributed by atoms with Crippen molar-refractivity contribution in [2.24, 2.45) is 0 Å². The Bertz CT molecular complexity index is 2080. The molecule has 0 saturated heterocycles. The number of ether oxygens (including phenoxy) is 6. The Morgan fingerprint density at radius 2 is 0.500 bits per heavy atom. The van der Waals surface area contributed by atoms with Gasteiger partial charge in [-0.2, -0.15) is 0 Å². The zero-order valence-corrected chi connectivity index (χ0v) is 26.8. The summed E-state index contributed by atoms with van der Waals surface area (Å²) < 4.78 is 37.3. The fraction of sp³-hybridized carbons (Fsp3) is 0. The predicted molar refractivity (Wildman–Crippen MR) is 194 cm³/mol. The summed E-state index contributed by atoms with van der Waals surface area (Å²) in [6.07, 6.45) is 0. The van der Waals surface area contributed by atoms with Crippen molar-refractivity contribution in [1.29, 1.82) is 0 Å². The van der Waals surface area contributed by atoms with E-state index in [0.29, 0.717) is 80.4 Å². The van der Waals surface area contributed by atoms with Crippen LogP contribution in [0, 0.1) is 0 Å². The third kappa shape index (κ3) is 8.07. The molecule has 0 aliphatic carbocycles. The fourth-order valence-electron chi connectivity index (χ4n) is 4.98. The van der Waals surface area contributed by atoms with Crippen LogP contribution >= 0.6 is 0 Å². The zero-order valence-electron chi connectivity index (χ0n) is 26.8. The van der Waals surface area contributed by atoms with Crippen LogP contribution in [0.15, 0.2) is 170 Å². The first kappa shape index (κ1) is 31.5. The summed E-state index contributed by atoms with van der Waals surface area (Å²) in [5.41, 5.74) is 13.0. The van der Waals surface area contributed by atoms with Crippen LogP contribution in [0.3, 0.4) is 0 Å². The molecule has 0 aliphatic rings. The first-order valence-corrected chi connectivity index (χ1v) is 15.8. The topological polar surface area (TPSA) is 107 Å². The summed E-state index contributed by atoms with van der Waals surface area (Å²) >= 11 is 0. The highest BCUT2D eigenvalue weighted by molar-refractivity contribution is 5.53. The van der Waals surface area contributed by atoms with E-state index in [9.17, 15) is 0 Å². The van der Waals surface area contributed by atoms with Crippen LogP contribution in [0.5, 0.6) is 69.0 Å². The minimum absolute atomic E-state index is 0.481. The molecule has 0 amide bonds. The Kier molecular flexibility index (Phi) is 9.33. The Balaban J connectivity index is 1.07. The average molecular weight is 661 g/mol. The molecule has 8 nitrogen and oxygen atoms in total. The molecule has 0 bridgehead atoms. The normalized spacial score (nSPS) is 10.6. The smallest absolute Gasteiger partial charge is 0.170 e. The van der Waals surface area contributed by atoms with Gasteiger partial charge in [0.15, 0.2) is 34.5 Å². The minimum Gasteiger partial charge on any atom is -0.457 e. The van der Waals surface area contributed by atoms with Gasteiger partial charge in [0, 0.05) is 35.6 Å². The van der Waals surface area contributed by atoms with Gasteiger partial charge < -0.3 is 39.9 Å². The molecule has 0 atom stereocenters. The van der Waals surface area contributed by atoms with Gasteiger partial charge in [-0.3, -0.25) is 0 Å². The number of benzene rings is 7. The number of nitrogen functional groups attached to an aromatic ring is 2. The number of hydrogen-bond donors (Lipinski definition) is 2. The van der Waals surface area contributed by atoms with Crippen molar-refractivity contribution >= 4 is 11.4 Å². The number of para-hydroxylation sites is 6. The van der Waals surface area contributed by atoms with Gasteiger partial charge >= 0.3 is 0 Å². The Morgan fingerprint density at radius 3 is 0.820 bits per heavy atom. The van der Waals surface area contributed by atoms with Gasteiger partial charge in [-0.25, -0.2) is 0 Å². The highest BCUT2D eigenvalue weighted by Crippen LogP contribution is 2.42. The van der Waals surface area contributed by atoms with Crippen molar-refractivity contribution in [2.45, 2.75) is 0 Å². The summed E-state index contributed by atoms with van der Waals surface area (Å²) in [7, 11) is 0.